The Bertz CT molecular complexity index is 1340. The van der Waals surface area contributed by atoms with E-state index in [0.717, 1.165) is 14.7 Å². The summed E-state index contributed by atoms with van der Waals surface area (Å²) in [6.07, 6.45) is 0. The number of hydrogen-bond donors (Lipinski definition) is 2. The molecule has 0 fully saturated rings. The molecule has 35 heavy (non-hydrogen) atoms. The summed E-state index contributed by atoms with van der Waals surface area (Å²) in [7, 11) is 1.24. The van der Waals surface area contributed by atoms with Crippen molar-refractivity contribution in [2.45, 2.75) is 26.4 Å². The zero-order valence-electron chi connectivity index (χ0n) is 19.5. The van der Waals surface area contributed by atoms with E-state index in [4.69, 9.17) is 10.5 Å². The highest BCUT2D eigenvalue weighted by Gasteiger charge is 2.28. The van der Waals surface area contributed by atoms with E-state index >= 15 is 0 Å². The Morgan fingerprint density at radius 3 is 2.37 bits per heavy atom. The van der Waals surface area contributed by atoms with Crippen LogP contribution in [0.5, 0.6) is 0 Å². The molecule has 0 spiro atoms. The maximum absolute atomic E-state index is 12.9. The Morgan fingerprint density at radius 1 is 1.09 bits per heavy atom. The van der Waals surface area contributed by atoms with Crippen molar-refractivity contribution < 1.29 is 19.1 Å². The average Bonchev–Trinajstić information content (AvgIpc) is 3.38. The Kier molecular flexibility index (Phi) is 8.02. The van der Waals surface area contributed by atoms with Gasteiger partial charge in [0.15, 0.2) is 6.61 Å². The summed E-state index contributed by atoms with van der Waals surface area (Å²) in [6.45, 7) is 2.70. The van der Waals surface area contributed by atoms with Crippen molar-refractivity contribution in [1.29, 1.82) is 0 Å². The normalized spacial score (nSPS) is 11.8. The van der Waals surface area contributed by atoms with E-state index in [2.05, 4.69) is 5.32 Å². The van der Waals surface area contributed by atoms with Crippen molar-refractivity contribution in [3.8, 4) is 0 Å². The number of rotatable bonds is 9. The molecule has 0 radical (unpaired) electrons. The maximum Gasteiger partial charge on any atom is 0.332 e. The zero-order valence-corrected chi connectivity index (χ0v) is 20.3. The second-order valence-corrected chi connectivity index (χ2v) is 9.13. The van der Waals surface area contributed by atoms with Crippen LogP contribution in [0, 0.1) is 5.92 Å². The van der Waals surface area contributed by atoms with Crippen LogP contribution >= 0.6 is 11.3 Å². The summed E-state index contributed by atoms with van der Waals surface area (Å²) >= 11 is 1.22. The second kappa shape index (κ2) is 11.0. The summed E-state index contributed by atoms with van der Waals surface area (Å²) in [6, 6.07) is 11.3. The lowest BCUT2D eigenvalue weighted by atomic mass is 10.0. The minimum atomic E-state index is -1.01. The average molecular weight is 499 g/mol. The quantitative estimate of drug-likeness (QED) is 0.336. The number of ether oxygens (including phenoxy) is 1. The number of ketones is 1. The molecule has 0 bridgehead atoms. The third kappa shape index (κ3) is 5.75. The first-order valence-electron chi connectivity index (χ1n) is 10.8. The highest BCUT2D eigenvalue weighted by atomic mass is 32.1. The van der Waals surface area contributed by atoms with Crippen LogP contribution in [0.25, 0.3) is 0 Å². The fourth-order valence-electron chi connectivity index (χ4n) is 3.38. The largest absolute Gasteiger partial charge is 0.456 e. The number of esters is 1. The molecule has 0 aliphatic carbocycles. The molecular formula is C24H26N4O6S. The van der Waals surface area contributed by atoms with Gasteiger partial charge in [0.1, 0.15) is 17.4 Å². The van der Waals surface area contributed by atoms with E-state index in [1.807, 2.05) is 6.07 Å². The predicted molar refractivity (Wildman–Crippen MR) is 132 cm³/mol. The zero-order chi connectivity index (χ0) is 25.7. The third-order valence-corrected chi connectivity index (χ3v) is 6.21. The fraction of sp³-hybridized carbons (Fsp3) is 0.292. The first-order valence-corrected chi connectivity index (χ1v) is 11.7. The molecule has 2 aromatic heterocycles. The van der Waals surface area contributed by atoms with Gasteiger partial charge in [-0.05, 0) is 22.9 Å². The summed E-state index contributed by atoms with van der Waals surface area (Å²) in [5, 5.41) is 4.34. The summed E-state index contributed by atoms with van der Waals surface area (Å²) < 4.78 is 7.05. The fourth-order valence-corrected chi connectivity index (χ4v) is 4.01. The second-order valence-electron chi connectivity index (χ2n) is 8.18. The van der Waals surface area contributed by atoms with E-state index in [0.29, 0.717) is 4.88 Å². The Labute approximate surface area is 205 Å². The number of anilines is 1. The van der Waals surface area contributed by atoms with Crippen LogP contribution in [-0.2, 0) is 23.1 Å². The SMILES string of the molecule is CC(C)C(NC(=O)c1cccs1)C(=O)OCC(=O)c1c(N)n(Cc2ccccc2)c(=O)n(C)c1=O. The molecule has 0 aliphatic heterocycles. The van der Waals surface area contributed by atoms with Gasteiger partial charge in [0.05, 0.1) is 11.4 Å². The van der Waals surface area contributed by atoms with Crippen molar-refractivity contribution in [2.24, 2.45) is 13.0 Å². The number of aromatic nitrogens is 2. The van der Waals surface area contributed by atoms with Gasteiger partial charge in [0.25, 0.3) is 11.5 Å². The number of carbonyl (C=O) groups excluding carboxylic acids is 3. The number of nitrogens with one attached hydrogen (secondary N) is 1. The standard InChI is InChI=1S/C24H26N4O6S/c1-14(2)19(26-21(30)17-10-7-11-35-17)23(32)34-13-16(29)18-20(25)28(24(33)27(3)22(18)31)12-15-8-5-4-6-9-15/h4-11,14,19H,12-13,25H2,1-3H3,(H,26,30). The summed E-state index contributed by atoms with van der Waals surface area (Å²) in [4.78, 5) is 63.7. The molecule has 3 rings (SSSR count). The molecule has 0 saturated heterocycles. The number of hydrogen-bond acceptors (Lipinski definition) is 8. The first kappa shape index (κ1) is 25.6. The number of nitrogens with two attached hydrogens (primary N) is 1. The highest BCUT2D eigenvalue weighted by molar-refractivity contribution is 7.12. The van der Waals surface area contributed by atoms with Gasteiger partial charge in [-0.2, -0.15) is 0 Å². The minimum absolute atomic E-state index is 0.0455. The van der Waals surface area contributed by atoms with E-state index in [9.17, 15) is 24.0 Å². The lowest BCUT2D eigenvalue weighted by molar-refractivity contribution is -0.145. The lowest BCUT2D eigenvalue weighted by Gasteiger charge is -2.20. The summed E-state index contributed by atoms with van der Waals surface area (Å²) in [5.41, 5.74) is 4.80. The van der Waals surface area contributed by atoms with Crippen molar-refractivity contribution in [2.75, 3.05) is 12.3 Å². The van der Waals surface area contributed by atoms with Gasteiger partial charge in [-0.1, -0.05) is 50.2 Å². The van der Waals surface area contributed by atoms with Crippen molar-refractivity contribution in [1.82, 2.24) is 14.5 Å². The molecule has 0 aliphatic rings. The van der Waals surface area contributed by atoms with Crippen LogP contribution in [-0.4, -0.2) is 39.4 Å². The number of nitrogens with zero attached hydrogens (tertiary/aromatic N) is 2. The van der Waals surface area contributed by atoms with Gasteiger partial charge in [-0.25, -0.2) is 9.59 Å². The molecule has 2 heterocycles. The third-order valence-electron chi connectivity index (χ3n) is 5.34. The van der Waals surface area contributed by atoms with E-state index < -0.39 is 47.1 Å². The number of nitrogen functional groups attached to an aromatic ring is 1. The van der Waals surface area contributed by atoms with Crippen LogP contribution in [0.15, 0.2) is 57.4 Å². The summed E-state index contributed by atoms with van der Waals surface area (Å²) in [5.74, 6) is -2.76. The molecule has 1 unspecified atom stereocenters. The van der Waals surface area contributed by atoms with E-state index in [-0.39, 0.29) is 18.3 Å². The number of thiophene rings is 1. The van der Waals surface area contributed by atoms with Gasteiger partial charge >= 0.3 is 11.7 Å². The number of carbonyl (C=O) groups is 3. The molecule has 1 aromatic carbocycles. The topological polar surface area (TPSA) is 142 Å². The Balaban J connectivity index is 1.80. The molecule has 3 N–H and O–H groups in total. The molecular weight excluding hydrogens is 472 g/mol. The van der Waals surface area contributed by atoms with Gasteiger partial charge in [-0.15, -0.1) is 11.3 Å². The maximum atomic E-state index is 12.9. The molecule has 184 valence electrons. The van der Waals surface area contributed by atoms with Crippen LogP contribution in [0.1, 0.15) is 39.4 Å². The molecule has 1 amide bonds. The van der Waals surface area contributed by atoms with Crippen LogP contribution in [0.3, 0.4) is 0 Å². The van der Waals surface area contributed by atoms with Gasteiger partial charge < -0.3 is 15.8 Å². The minimum Gasteiger partial charge on any atom is -0.456 e. The molecule has 0 saturated carbocycles. The van der Waals surface area contributed by atoms with Gasteiger partial charge in [0.2, 0.25) is 5.78 Å². The van der Waals surface area contributed by atoms with Crippen LogP contribution in [0.2, 0.25) is 0 Å². The van der Waals surface area contributed by atoms with Crippen molar-refractivity contribution in [3.05, 3.63) is 84.7 Å². The monoisotopic (exact) mass is 498 g/mol. The number of Topliss-reactive ketones (excluding diaryl/α,β-unsaturated/α-hetero) is 1. The molecule has 3 aromatic rings. The Morgan fingerprint density at radius 2 is 1.77 bits per heavy atom. The van der Waals surface area contributed by atoms with Crippen molar-refractivity contribution >= 4 is 34.8 Å². The van der Waals surface area contributed by atoms with E-state index in [1.54, 1.807) is 55.6 Å². The lowest BCUT2D eigenvalue weighted by Crippen LogP contribution is -2.46. The van der Waals surface area contributed by atoms with Crippen LogP contribution in [0.4, 0.5) is 5.82 Å². The number of amides is 1. The van der Waals surface area contributed by atoms with Crippen LogP contribution < -0.4 is 22.3 Å². The first-order chi connectivity index (χ1) is 16.6. The highest BCUT2D eigenvalue weighted by Crippen LogP contribution is 2.13. The predicted octanol–water partition coefficient (Wildman–Crippen LogP) is 1.42. The van der Waals surface area contributed by atoms with E-state index in [1.165, 1.54) is 18.4 Å². The number of benzene rings is 1. The van der Waals surface area contributed by atoms with Gasteiger partial charge in [0, 0.05) is 7.05 Å². The smallest absolute Gasteiger partial charge is 0.332 e. The van der Waals surface area contributed by atoms with Gasteiger partial charge in [-0.3, -0.25) is 23.5 Å². The van der Waals surface area contributed by atoms with Crippen molar-refractivity contribution in [3.63, 3.8) is 0 Å². The molecule has 10 nitrogen and oxygen atoms in total. The molecule has 11 heteroatoms. The molecule has 1 atom stereocenters. The Hall–Kier alpha value is -3.99.